The summed E-state index contributed by atoms with van der Waals surface area (Å²) in [6.45, 7) is 0. The van der Waals surface area contributed by atoms with Gasteiger partial charge in [-0.2, -0.15) is 9.58 Å². The molecule has 0 aromatic rings. The lowest BCUT2D eigenvalue weighted by atomic mass is 10.2. The van der Waals surface area contributed by atoms with Crippen molar-refractivity contribution in [3.63, 3.8) is 0 Å². The average Bonchev–Trinajstić information content (AvgIpc) is 2.84. The third-order valence-electron chi connectivity index (χ3n) is 1.89. The largest absolute Gasteiger partial charge is 0.361 e. The molecular formula is C7H6N4O2. The van der Waals surface area contributed by atoms with Crippen LogP contribution in [-0.4, -0.2) is 33.6 Å². The van der Waals surface area contributed by atoms with Gasteiger partial charge in [0, 0.05) is 11.8 Å². The Kier molecular flexibility index (Phi) is 2.59. The summed E-state index contributed by atoms with van der Waals surface area (Å²) in [7, 11) is 0. The Morgan fingerprint density at radius 3 is 1.77 bits per heavy atom. The van der Waals surface area contributed by atoms with E-state index in [4.69, 9.17) is 11.1 Å². The van der Waals surface area contributed by atoms with Gasteiger partial charge in [-0.25, -0.2) is 0 Å². The molecule has 0 spiro atoms. The number of nitrogens with zero attached hydrogens (tertiary/aromatic N) is 4. The second-order valence-corrected chi connectivity index (χ2v) is 2.74. The second-order valence-electron chi connectivity index (χ2n) is 2.74. The molecule has 6 heteroatoms. The predicted molar refractivity (Wildman–Crippen MR) is 41.0 cm³/mol. The van der Waals surface area contributed by atoms with E-state index < -0.39 is 11.8 Å². The minimum absolute atomic E-state index is 0.382. The van der Waals surface area contributed by atoms with Crippen molar-refractivity contribution in [2.24, 2.45) is 11.8 Å². The fourth-order valence-corrected chi connectivity index (χ4v) is 1.13. The van der Waals surface area contributed by atoms with E-state index in [0.717, 1.165) is 12.4 Å². The molecule has 0 bridgehead atoms. The zero-order valence-corrected chi connectivity index (χ0v) is 6.62. The van der Waals surface area contributed by atoms with Crippen LogP contribution >= 0.6 is 0 Å². The van der Waals surface area contributed by atoms with Crippen LogP contribution in [0.4, 0.5) is 0 Å². The molecule has 66 valence electrons. The van der Waals surface area contributed by atoms with Gasteiger partial charge in [-0.3, -0.25) is 9.59 Å². The smallest absolute Gasteiger partial charge is 0.323 e. The highest BCUT2D eigenvalue weighted by Crippen LogP contribution is 2.38. The quantitative estimate of drug-likeness (QED) is 0.324. The summed E-state index contributed by atoms with van der Waals surface area (Å²) < 4.78 is 0. The first-order valence-electron chi connectivity index (χ1n) is 3.63. The SMILES string of the molecule is [N-]=[N+]=CC(=O)[C@H]1C[C@@H]1C(=O)C=[N+]=[N-]. The normalized spacial score (nSPS) is 23.7. The summed E-state index contributed by atoms with van der Waals surface area (Å²) in [4.78, 5) is 27.0. The highest BCUT2D eigenvalue weighted by molar-refractivity contribution is 6.33. The van der Waals surface area contributed by atoms with Crippen molar-refractivity contribution in [1.82, 2.24) is 0 Å². The number of carbonyl (C=O) groups is 2. The van der Waals surface area contributed by atoms with Crippen LogP contribution in [0.15, 0.2) is 0 Å². The third-order valence-corrected chi connectivity index (χ3v) is 1.89. The maximum atomic E-state index is 11.0. The van der Waals surface area contributed by atoms with Gasteiger partial charge in [0.05, 0.1) is 0 Å². The molecule has 0 aromatic carbocycles. The fraction of sp³-hybridized carbons (Fsp3) is 0.429. The minimum Gasteiger partial charge on any atom is -0.361 e. The molecule has 1 aliphatic rings. The summed E-state index contributed by atoms with van der Waals surface area (Å²) in [6, 6.07) is 0. The van der Waals surface area contributed by atoms with Crippen molar-refractivity contribution in [1.29, 1.82) is 0 Å². The van der Waals surface area contributed by atoms with Crippen LogP contribution in [0.3, 0.4) is 0 Å². The van der Waals surface area contributed by atoms with Crippen LogP contribution in [0.2, 0.25) is 0 Å². The van der Waals surface area contributed by atoms with E-state index >= 15 is 0 Å². The van der Waals surface area contributed by atoms with E-state index in [1.54, 1.807) is 0 Å². The first-order valence-corrected chi connectivity index (χ1v) is 3.63. The van der Waals surface area contributed by atoms with Crippen molar-refractivity contribution in [2.45, 2.75) is 6.42 Å². The number of rotatable bonds is 4. The third kappa shape index (κ3) is 2.02. The maximum absolute atomic E-state index is 11.0. The van der Waals surface area contributed by atoms with Gasteiger partial charge in [0.2, 0.25) is 11.6 Å². The first-order chi connectivity index (χ1) is 6.20. The van der Waals surface area contributed by atoms with Crippen molar-refractivity contribution in [3.05, 3.63) is 11.1 Å². The van der Waals surface area contributed by atoms with E-state index in [2.05, 4.69) is 9.58 Å². The Morgan fingerprint density at radius 2 is 1.46 bits per heavy atom. The monoisotopic (exact) mass is 178 g/mol. The molecule has 1 rings (SSSR count). The predicted octanol–water partition coefficient (Wildman–Crippen LogP) is -0.638. The van der Waals surface area contributed by atoms with Crippen molar-refractivity contribution in [3.8, 4) is 0 Å². The Labute approximate surface area is 73.4 Å². The number of Topliss-reactive ketones (excluding diaryl/α,β-unsaturated/α-hetero) is 2. The lowest BCUT2D eigenvalue weighted by Crippen LogP contribution is -2.10. The molecule has 0 aromatic heterocycles. The zero-order valence-electron chi connectivity index (χ0n) is 6.62. The summed E-state index contributed by atoms with van der Waals surface area (Å²) in [6.07, 6.45) is 1.97. The molecule has 1 fully saturated rings. The summed E-state index contributed by atoms with van der Waals surface area (Å²) in [5.41, 5.74) is 16.1. The fourth-order valence-electron chi connectivity index (χ4n) is 1.13. The number of hydrogen-bond donors (Lipinski definition) is 0. The van der Waals surface area contributed by atoms with Gasteiger partial charge >= 0.3 is 12.4 Å². The van der Waals surface area contributed by atoms with E-state index in [1.165, 1.54) is 0 Å². The van der Waals surface area contributed by atoms with E-state index in [9.17, 15) is 9.59 Å². The van der Waals surface area contributed by atoms with Gasteiger partial charge in [0.1, 0.15) is 0 Å². The summed E-state index contributed by atoms with van der Waals surface area (Å²) >= 11 is 0. The molecule has 6 nitrogen and oxygen atoms in total. The number of hydrogen-bond acceptors (Lipinski definition) is 2. The molecule has 0 radical (unpaired) electrons. The van der Waals surface area contributed by atoms with Gasteiger partial charge in [-0.15, -0.1) is 0 Å². The van der Waals surface area contributed by atoms with Gasteiger partial charge in [0.15, 0.2) is 0 Å². The first kappa shape index (κ1) is 9.19. The number of ketones is 2. The Morgan fingerprint density at radius 1 is 1.08 bits per heavy atom. The molecule has 13 heavy (non-hydrogen) atoms. The lowest BCUT2D eigenvalue weighted by Gasteiger charge is -1.82. The van der Waals surface area contributed by atoms with E-state index in [-0.39, 0.29) is 11.6 Å². The van der Waals surface area contributed by atoms with Gasteiger partial charge < -0.3 is 11.1 Å². The molecule has 1 aliphatic carbocycles. The molecule has 0 unspecified atom stereocenters. The van der Waals surface area contributed by atoms with Crippen LogP contribution in [-0.2, 0) is 9.59 Å². The lowest BCUT2D eigenvalue weighted by molar-refractivity contribution is -0.121. The average molecular weight is 178 g/mol. The zero-order chi connectivity index (χ0) is 9.84. The summed E-state index contributed by atoms with van der Waals surface area (Å²) in [5.74, 6) is -1.60. The van der Waals surface area contributed by atoms with Crippen molar-refractivity contribution < 1.29 is 19.2 Å². The van der Waals surface area contributed by atoms with Crippen LogP contribution < -0.4 is 0 Å². The second kappa shape index (κ2) is 3.67. The van der Waals surface area contributed by atoms with Crippen LogP contribution in [0.1, 0.15) is 6.42 Å². The molecule has 1 saturated carbocycles. The molecule has 0 amide bonds. The highest BCUT2D eigenvalue weighted by atomic mass is 16.1. The van der Waals surface area contributed by atoms with Crippen molar-refractivity contribution >= 4 is 24.0 Å². The minimum atomic E-state index is -0.415. The van der Waals surface area contributed by atoms with Crippen molar-refractivity contribution in [2.75, 3.05) is 0 Å². The van der Waals surface area contributed by atoms with Gasteiger partial charge in [-0.05, 0) is 6.42 Å². The maximum Gasteiger partial charge on any atom is 0.323 e. The van der Waals surface area contributed by atoms with Gasteiger partial charge in [0.25, 0.3) is 0 Å². The van der Waals surface area contributed by atoms with Crippen LogP contribution in [0.25, 0.3) is 11.1 Å². The van der Waals surface area contributed by atoms with Crippen LogP contribution in [0, 0.1) is 11.8 Å². The Balaban J connectivity index is 2.55. The Hall–Kier alpha value is -1.90. The molecular weight excluding hydrogens is 172 g/mol. The Bertz CT molecular complexity index is 316. The topological polar surface area (TPSA) is 107 Å². The standard InChI is InChI=1S/C7H6N4O2/c8-10-2-6(12)4-1-5(4)7(13)3-11-9/h2-5H,1H2/t4-,5-/m0/s1. The van der Waals surface area contributed by atoms with Gasteiger partial charge in [-0.1, -0.05) is 0 Å². The number of carbonyl (C=O) groups excluding carboxylic acids is 2. The molecule has 2 atom stereocenters. The summed E-state index contributed by atoms with van der Waals surface area (Å²) in [5, 5.41) is 0. The highest BCUT2D eigenvalue weighted by Gasteiger charge is 2.49. The van der Waals surface area contributed by atoms with E-state index in [0.29, 0.717) is 6.42 Å². The molecule has 0 saturated heterocycles. The van der Waals surface area contributed by atoms with Crippen LogP contribution in [0.5, 0.6) is 0 Å². The molecule has 0 heterocycles. The molecule has 0 aliphatic heterocycles. The van der Waals surface area contributed by atoms with E-state index in [1.807, 2.05) is 0 Å². The molecule has 0 N–H and O–H groups in total.